The largest absolute Gasteiger partial charge is 0.432 e. The van der Waals surface area contributed by atoms with Crippen LogP contribution in [-0.2, 0) is 61.6 Å². The van der Waals surface area contributed by atoms with Gasteiger partial charge in [0.05, 0.1) is 50.2 Å². The van der Waals surface area contributed by atoms with Crippen molar-refractivity contribution in [1.29, 1.82) is 0 Å². The van der Waals surface area contributed by atoms with E-state index >= 15 is 4.79 Å². The van der Waals surface area contributed by atoms with Gasteiger partial charge in [0.15, 0.2) is 31.5 Å². The summed E-state index contributed by atoms with van der Waals surface area (Å²) < 4.78 is 72.0. The van der Waals surface area contributed by atoms with Crippen LogP contribution in [0.5, 0.6) is 0 Å². The normalized spacial score (nSPS) is 54.6. The summed E-state index contributed by atoms with van der Waals surface area (Å²) in [7, 11) is 0. The zero-order valence-corrected chi connectivity index (χ0v) is 54.4. The molecular weight excluding hydrogens is 1230 g/mol. The van der Waals surface area contributed by atoms with Crippen LogP contribution in [0.3, 0.4) is 0 Å². The average Bonchev–Trinajstić information content (AvgIpc) is 0.931. The van der Waals surface area contributed by atoms with E-state index in [0.717, 1.165) is 25.7 Å². The zero-order chi connectivity index (χ0) is 67.7. The molecule has 16 N–H and O–H groups in total. The molecule has 0 radical (unpaired) electrons. The van der Waals surface area contributed by atoms with Gasteiger partial charge in [-0.15, -0.1) is 0 Å². The minimum absolute atomic E-state index is 0.0973. The van der Waals surface area contributed by atoms with E-state index in [2.05, 4.69) is 54.5 Å². The Morgan fingerprint density at radius 1 is 0.505 bits per heavy atom. The van der Waals surface area contributed by atoms with Crippen LogP contribution < -0.4 is 0 Å². The number of hydrogen-bond acceptors (Lipinski definition) is 29. The molecule has 6 saturated heterocycles. The summed E-state index contributed by atoms with van der Waals surface area (Å²) in [5.74, 6) is -0.635. The Morgan fingerprint density at radius 2 is 1.04 bits per heavy atom. The molecule has 29 heteroatoms. The second-order valence-electron chi connectivity index (χ2n) is 31.0. The second kappa shape index (κ2) is 26.9. The maximum atomic E-state index is 15.3. The first kappa shape index (κ1) is 72.4. The van der Waals surface area contributed by atoms with Crippen LogP contribution in [0.4, 0.5) is 0 Å². The van der Waals surface area contributed by atoms with Crippen molar-refractivity contribution in [3.05, 3.63) is 11.6 Å². The number of aliphatic hydroxyl groups is 16. The molecule has 0 amide bonds. The quantitative estimate of drug-likeness (QED) is 0.0440. The Labute approximate surface area is 540 Å². The van der Waals surface area contributed by atoms with Crippen molar-refractivity contribution in [3.63, 3.8) is 0 Å². The van der Waals surface area contributed by atoms with Crippen molar-refractivity contribution in [2.75, 3.05) is 26.4 Å². The molecule has 0 unspecified atom stereocenters. The topological polar surface area (TPSA) is 452 Å². The fraction of sp³-hybridized carbons (Fsp3) is 0.953. The summed E-state index contributed by atoms with van der Waals surface area (Å²) in [6.45, 7) is 16.4. The fourth-order valence-corrected chi connectivity index (χ4v) is 18.8. The number of carbonyl (C=O) groups excluding carboxylic acids is 1. The summed E-state index contributed by atoms with van der Waals surface area (Å²) in [6.07, 6.45) is -35.1. The van der Waals surface area contributed by atoms with Gasteiger partial charge in [0, 0.05) is 0 Å². The number of fused-ring (bicyclic) bond motifs is 7. The predicted molar refractivity (Wildman–Crippen MR) is 313 cm³/mol. The van der Waals surface area contributed by atoms with Gasteiger partial charge in [-0.2, -0.15) is 0 Å². The molecule has 0 spiro atoms. The summed E-state index contributed by atoms with van der Waals surface area (Å²) >= 11 is 0. The Bertz CT molecular complexity index is 2620. The van der Waals surface area contributed by atoms with E-state index in [9.17, 15) is 81.7 Å². The predicted octanol–water partition coefficient (Wildman–Crippen LogP) is -3.05. The standard InChI is InChI=1S/C64H104O29/c1-25-36(67)41(72)46(77)53(84-25)91-50-30(22-66)87-52(49(80)44(50)75)82-23-31-39(70)43(74)48(79)56(88-31)93-58(81)64-18-16-59(3,4)20-28(64)27-10-11-34-61(7)14-13-35(60(5,6)33(61)12-15-63(34,9)62(27,8)17-19-64)90-57-51(92-54-47(78)42(73)37(68)26(2)85-54)40(71)32(24-83-57)89-55-45(76)38(69)29(21-65)86-55/h10,25-26,28-57,65-80H,11-24H2,1-9H3/t25-,26-,28-,29+,30+,31+,32-,33-,34+,35-,36-,37-,38+,39+,40-,41+,42+,43-,44+,45+,46+,47+,48+,49+,50+,51+,52+,53-,54-,55-,56-,57-,61-,62+,63+,64-/m0/s1. The van der Waals surface area contributed by atoms with Crippen molar-refractivity contribution in [1.82, 2.24) is 0 Å². The number of ether oxygens (including phenoxy) is 12. The minimum Gasteiger partial charge on any atom is -0.432 e. The molecule has 93 heavy (non-hydrogen) atoms. The van der Waals surface area contributed by atoms with Crippen molar-refractivity contribution in [2.45, 2.75) is 305 Å². The molecule has 11 aliphatic rings. The number of carbonyl (C=O) groups is 1. The molecule has 36 atom stereocenters. The van der Waals surface area contributed by atoms with E-state index in [1.165, 1.54) is 19.4 Å². The van der Waals surface area contributed by atoms with Gasteiger partial charge in [-0.3, -0.25) is 4.79 Å². The van der Waals surface area contributed by atoms with E-state index in [1.807, 2.05) is 0 Å². The van der Waals surface area contributed by atoms with Gasteiger partial charge >= 0.3 is 5.97 Å². The van der Waals surface area contributed by atoms with Crippen LogP contribution in [0, 0.1) is 50.2 Å². The highest BCUT2D eigenvalue weighted by Gasteiger charge is 2.70. The molecule has 11 rings (SSSR count). The van der Waals surface area contributed by atoms with E-state index in [-0.39, 0.29) is 46.0 Å². The van der Waals surface area contributed by atoms with Crippen molar-refractivity contribution < 1.29 is 143 Å². The molecule has 5 aliphatic carbocycles. The van der Waals surface area contributed by atoms with Gasteiger partial charge in [-0.1, -0.05) is 60.1 Å². The van der Waals surface area contributed by atoms with Gasteiger partial charge in [-0.25, -0.2) is 0 Å². The number of rotatable bonds is 15. The van der Waals surface area contributed by atoms with Crippen LogP contribution in [0.1, 0.15) is 127 Å². The third-order valence-corrected chi connectivity index (χ3v) is 24.8. The monoisotopic (exact) mass is 1340 g/mol. The molecule has 4 saturated carbocycles. The minimum atomic E-state index is -1.91. The third kappa shape index (κ3) is 12.4. The van der Waals surface area contributed by atoms with Gasteiger partial charge in [0.2, 0.25) is 6.29 Å². The second-order valence-corrected chi connectivity index (χ2v) is 31.0. The van der Waals surface area contributed by atoms with Crippen molar-refractivity contribution in [2.24, 2.45) is 50.2 Å². The lowest BCUT2D eigenvalue weighted by atomic mass is 9.33. The van der Waals surface area contributed by atoms with E-state index in [1.54, 1.807) is 0 Å². The maximum Gasteiger partial charge on any atom is 0.315 e. The highest BCUT2D eigenvalue weighted by Crippen LogP contribution is 2.76. The number of esters is 1. The molecule has 0 aromatic rings. The molecule has 6 heterocycles. The SMILES string of the molecule is C[C@@H]1O[C@@H](O[C@H]2[C@H](O[C@H]3CC[C@]4(C)[C@H]5CC=C6[C@@H]7CC(C)(C)CC[C@]7(C(=O)O[C@@H]7O[C@H](CO[C@@H]8O[C@H](CO)[C@@H](O[C@@H]9O[C@@H](C)[C@H](O)[C@@H](O)[C@H]9O)[C@H](O)[C@H]8O)[C@@H](O)[C@H](O)[C@H]7O)CC[C@@]6(C)[C@]5(C)CC[C@H]4C3(C)C)OC[C@H](O[C@@H]3O[C@H](CO)[C@@H](O)[C@H]3O)[C@@H]2O)[C@H](O)[C@H](O)[C@H]1O. The number of allylic oxidation sites excluding steroid dienone is 2. The lowest BCUT2D eigenvalue weighted by Gasteiger charge is -2.71. The molecule has 0 bridgehead atoms. The van der Waals surface area contributed by atoms with E-state index in [0.29, 0.717) is 38.5 Å². The smallest absolute Gasteiger partial charge is 0.315 e. The molecule has 29 nitrogen and oxygen atoms in total. The number of aliphatic hydroxyl groups excluding tert-OH is 16. The lowest BCUT2D eigenvalue weighted by Crippen LogP contribution is -2.66. The van der Waals surface area contributed by atoms with Gasteiger partial charge in [0.1, 0.15) is 122 Å². The van der Waals surface area contributed by atoms with Gasteiger partial charge < -0.3 is 139 Å². The summed E-state index contributed by atoms with van der Waals surface area (Å²) in [5.41, 5.74) is -1.47. The molecule has 6 aliphatic heterocycles. The van der Waals surface area contributed by atoms with Crippen LogP contribution in [0.15, 0.2) is 11.6 Å². The van der Waals surface area contributed by atoms with Gasteiger partial charge in [-0.05, 0) is 123 Å². The third-order valence-electron chi connectivity index (χ3n) is 24.8. The van der Waals surface area contributed by atoms with Crippen LogP contribution in [-0.4, -0.2) is 292 Å². The highest BCUT2D eigenvalue weighted by molar-refractivity contribution is 5.79. The molecule has 10 fully saturated rings. The highest BCUT2D eigenvalue weighted by atomic mass is 16.8. The van der Waals surface area contributed by atoms with E-state index in [4.69, 9.17) is 56.8 Å². The first-order valence-electron chi connectivity index (χ1n) is 33.4. The molecular formula is C64H104O29. The first-order chi connectivity index (χ1) is 43.6. The molecule has 0 aromatic carbocycles. The summed E-state index contributed by atoms with van der Waals surface area (Å²) in [4.78, 5) is 15.3. The lowest BCUT2D eigenvalue weighted by molar-refractivity contribution is -0.372. The Hall–Kier alpha value is -1.87. The van der Waals surface area contributed by atoms with Gasteiger partial charge in [0.25, 0.3) is 0 Å². The number of hydrogen-bond donors (Lipinski definition) is 16. The van der Waals surface area contributed by atoms with Crippen LogP contribution in [0.25, 0.3) is 0 Å². The molecule has 0 aromatic heterocycles. The Morgan fingerprint density at radius 3 is 1.67 bits per heavy atom. The van der Waals surface area contributed by atoms with E-state index < -0.39 is 215 Å². The Balaban J connectivity index is 0.777. The van der Waals surface area contributed by atoms with Crippen LogP contribution >= 0.6 is 0 Å². The first-order valence-corrected chi connectivity index (χ1v) is 33.4. The van der Waals surface area contributed by atoms with Crippen LogP contribution in [0.2, 0.25) is 0 Å². The summed E-state index contributed by atoms with van der Waals surface area (Å²) in [6, 6.07) is 0. The van der Waals surface area contributed by atoms with Crippen molar-refractivity contribution >= 4 is 5.97 Å². The Kier molecular flexibility index (Phi) is 20.9. The van der Waals surface area contributed by atoms with Crippen molar-refractivity contribution in [3.8, 4) is 0 Å². The zero-order valence-electron chi connectivity index (χ0n) is 54.4. The maximum absolute atomic E-state index is 15.3. The average molecular weight is 1340 g/mol. The fourth-order valence-electron chi connectivity index (χ4n) is 18.8. The summed E-state index contributed by atoms with van der Waals surface area (Å²) in [5, 5.41) is 173. The molecule has 534 valence electrons.